The highest BCUT2D eigenvalue weighted by molar-refractivity contribution is 5.79. The molecule has 0 radical (unpaired) electrons. The lowest BCUT2D eigenvalue weighted by Crippen LogP contribution is -2.39. The van der Waals surface area contributed by atoms with E-state index in [0.29, 0.717) is 6.61 Å². The van der Waals surface area contributed by atoms with Crippen LogP contribution in [0.3, 0.4) is 0 Å². The van der Waals surface area contributed by atoms with Gasteiger partial charge in [0, 0.05) is 19.2 Å². The van der Waals surface area contributed by atoms with E-state index in [2.05, 4.69) is 10.1 Å². The Labute approximate surface area is 92.3 Å². The number of hydrogen-bond donors (Lipinski definition) is 1. The van der Waals surface area contributed by atoms with E-state index in [1.165, 1.54) is 0 Å². The van der Waals surface area contributed by atoms with Gasteiger partial charge in [-0.2, -0.15) is 8.78 Å². The van der Waals surface area contributed by atoms with Crippen LogP contribution in [0.15, 0.2) is 0 Å². The summed E-state index contributed by atoms with van der Waals surface area (Å²) in [5.74, 6) is -4.72. The molecule has 2 saturated heterocycles. The average Bonchev–Trinajstić information content (AvgIpc) is 2.69. The lowest BCUT2D eigenvalue weighted by atomic mass is 10.1. The first-order chi connectivity index (χ1) is 7.49. The summed E-state index contributed by atoms with van der Waals surface area (Å²) in [6.07, 6.45) is -0.313. The number of ether oxygens (including phenoxy) is 2. The Morgan fingerprint density at radius 3 is 2.81 bits per heavy atom. The molecule has 16 heavy (non-hydrogen) atoms. The molecule has 2 aliphatic rings. The largest absolute Gasteiger partial charge is 0.456 e. The predicted octanol–water partition coefficient (Wildman–Crippen LogP) is 0.704. The highest BCUT2D eigenvalue weighted by Crippen LogP contribution is 2.30. The van der Waals surface area contributed by atoms with E-state index in [-0.39, 0.29) is 18.7 Å². The molecule has 0 saturated carbocycles. The second kappa shape index (κ2) is 4.25. The number of hydrogen-bond acceptors (Lipinski definition) is 4. The Balaban J connectivity index is 1.77. The molecule has 2 heterocycles. The molecule has 92 valence electrons. The molecule has 2 rings (SSSR count). The summed E-state index contributed by atoms with van der Waals surface area (Å²) in [6, 6.07) is 0.160. The minimum Gasteiger partial charge on any atom is -0.456 e. The third-order valence-electron chi connectivity index (χ3n) is 3.04. The van der Waals surface area contributed by atoms with Gasteiger partial charge < -0.3 is 14.8 Å². The van der Waals surface area contributed by atoms with Crippen LogP contribution >= 0.6 is 0 Å². The van der Waals surface area contributed by atoms with Crippen LogP contribution < -0.4 is 5.32 Å². The van der Waals surface area contributed by atoms with Gasteiger partial charge in [-0.1, -0.05) is 0 Å². The number of esters is 1. The maximum Gasteiger partial charge on any atom is 0.377 e. The van der Waals surface area contributed by atoms with E-state index < -0.39 is 24.4 Å². The monoisotopic (exact) mass is 235 g/mol. The number of carbonyl (C=O) groups excluding carboxylic acids is 1. The van der Waals surface area contributed by atoms with Crippen LogP contribution in [-0.2, 0) is 14.3 Å². The second-order valence-electron chi connectivity index (χ2n) is 4.32. The third kappa shape index (κ3) is 2.32. The maximum atomic E-state index is 12.8. The summed E-state index contributed by atoms with van der Waals surface area (Å²) in [4.78, 5) is 10.7. The van der Waals surface area contributed by atoms with Gasteiger partial charge in [0.25, 0.3) is 0 Å². The zero-order chi connectivity index (χ0) is 11.8. The molecule has 6 heteroatoms. The van der Waals surface area contributed by atoms with E-state index in [9.17, 15) is 13.6 Å². The van der Waals surface area contributed by atoms with Crippen molar-refractivity contribution in [3.63, 3.8) is 0 Å². The first kappa shape index (κ1) is 11.7. The van der Waals surface area contributed by atoms with Gasteiger partial charge in [-0.05, 0) is 13.3 Å². The van der Waals surface area contributed by atoms with Crippen molar-refractivity contribution in [1.29, 1.82) is 0 Å². The average molecular weight is 235 g/mol. The molecular formula is C10H15F2NO3. The first-order valence-corrected chi connectivity index (χ1v) is 5.43. The number of carbonyl (C=O) groups is 1. The summed E-state index contributed by atoms with van der Waals surface area (Å²) in [7, 11) is 0. The molecule has 0 aromatic rings. The van der Waals surface area contributed by atoms with Crippen molar-refractivity contribution in [3.8, 4) is 0 Å². The van der Waals surface area contributed by atoms with Crippen LogP contribution in [-0.4, -0.2) is 43.3 Å². The van der Waals surface area contributed by atoms with Crippen molar-refractivity contribution < 1.29 is 23.0 Å². The highest BCUT2D eigenvalue weighted by Gasteiger charge is 2.50. The number of nitrogens with one attached hydrogen (secondary N) is 1. The van der Waals surface area contributed by atoms with Crippen molar-refractivity contribution in [2.24, 2.45) is 0 Å². The molecule has 0 bridgehead atoms. The highest BCUT2D eigenvalue weighted by atomic mass is 19.3. The van der Waals surface area contributed by atoms with Gasteiger partial charge in [0.15, 0.2) is 0 Å². The van der Waals surface area contributed by atoms with Gasteiger partial charge in [0.2, 0.25) is 0 Å². The summed E-state index contributed by atoms with van der Waals surface area (Å²) in [5.41, 5.74) is 0. The number of halogens is 2. The van der Waals surface area contributed by atoms with Crippen molar-refractivity contribution in [3.05, 3.63) is 0 Å². The van der Waals surface area contributed by atoms with E-state index in [4.69, 9.17) is 4.74 Å². The lowest BCUT2D eigenvalue weighted by molar-refractivity contribution is -0.159. The van der Waals surface area contributed by atoms with E-state index in [1.54, 1.807) is 0 Å². The van der Waals surface area contributed by atoms with E-state index in [0.717, 1.165) is 6.42 Å². The Morgan fingerprint density at radius 2 is 2.31 bits per heavy atom. The first-order valence-electron chi connectivity index (χ1n) is 5.43. The normalized spacial score (nSPS) is 37.7. The van der Waals surface area contributed by atoms with Crippen LogP contribution in [0.5, 0.6) is 0 Å². The van der Waals surface area contributed by atoms with Gasteiger partial charge >= 0.3 is 11.9 Å². The zero-order valence-electron chi connectivity index (χ0n) is 9.04. The molecule has 3 unspecified atom stereocenters. The molecule has 0 aromatic carbocycles. The predicted molar refractivity (Wildman–Crippen MR) is 51.3 cm³/mol. The Kier molecular flexibility index (Phi) is 3.12. The Bertz CT molecular complexity index is 285. The molecule has 0 aliphatic carbocycles. The van der Waals surface area contributed by atoms with Gasteiger partial charge in [0.05, 0.1) is 12.5 Å². The maximum absolute atomic E-state index is 12.8. The number of alkyl halides is 2. The van der Waals surface area contributed by atoms with Crippen LogP contribution in [0.25, 0.3) is 0 Å². The van der Waals surface area contributed by atoms with Crippen molar-refractivity contribution in [2.45, 2.75) is 43.9 Å². The zero-order valence-corrected chi connectivity index (χ0v) is 9.04. The fraction of sp³-hybridized carbons (Fsp3) is 0.900. The van der Waals surface area contributed by atoms with Crippen molar-refractivity contribution in [2.75, 3.05) is 13.2 Å². The minimum atomic E-state index is -3.32. The van der Waals surface area contributed by atoms with Gasteiger partial charge in [-0.3, -0.25) is 0 Å². The van der Waals surface area contributed by atoms with Crippen LogP contribution in [0.2, 0.25) is 0 Å². The summed E-state index contributed by atoms with van der Waals surface area (Å²) < 4.78 is 35.6. The Hall–Kier alpha value is -0.750. The third-order valence-corrected chi connectivity index (χ3v) is 3.04. The van der Waals surface area contributed by atoms with E-state index in [1.807, 2.05) is 6.92 Å². The smallest absolute Gasteiger partial charge is 0.377 e. The van der Waals surface area contributed by atoms with E-state index >= 15 is 0 Å². The number of rotatable bonds is 3. The fourth-order valence-electron chi connectivity index (χ4n) is 2.04. The molecule has 2 aliphatic heterocycles. The SMILES string of the molecule is CC1OCCC1NCC1CC(F)(F)C(=O)O1. The Morgan fingerprint density at radius 1 is 1.56 bits per heavy atom. The molecule has 3 atom stereocenters. The topological polar surface area (TPSA) is 47.6 Å². The van der Waals surface area contributed by atoms with Crippen molar-refractivity contribution in [1.82, 2.24) is 5.32 Å². The molecular weight excluding hydrogens is 220 g/mol. The molecule has 0 amide bonds. The van der Waals surface area contributed by atoms with Gasteiger partial charge in [0.1, 0.15) is 6.10 Å². The molecule has 0 aromatic heterocycles. The van der Waals surface area contributed by atoms with Crippen LogP contribution in [0.1, 0.15) is 19.8 Å². The molecule has 2 fully saturated rings. The van der Waals surface area contributed by atoms with Crippen molar-refractivity contribution >= 4 is 5.97 Å². The molecule has 1 N–H and O–H groups in total. The summed E-state index contributed by atoms with van der Waals surface area (Å²) >= 11 is 0. The van der Waals surface area contributed by atoms with Crippen LogP contribution in [0.4, 0.5) is 8.78 Å². The molecule has 4 nitrogen and oxygen atoms in total. The summed E-state index contributed by atoms with van der Waals surface area (Å²) in [5, 5.41) is 3.10. The lowest BCUT2D eigenvalue weighted by Gasteiger charge is -2.18. The quantitative estimate of drug-likeness (QED) is 0.732. The minimum absolute atomic E-state index is 0.0811. The standard InChI is InChI=1S/C10H15F2NO3/c1-6-8(2-3-15-6)13-5-7-4-10(11,12)9(14)16-7/h6-8,13H,2-5H2,1H3. The molecule has 0 spiro atoms. The summed E-state index contributed by atoms with van der Waals surface area (Å²) in [6.45, 7) is 2.87. The second-order valence-corrected chi connectivity index (χ2v) is 4.32. The van der Waals surface area contributed by atoms with Gasteiger partial charge in [-0.15, -0.1) is 0 Å². The fourth-order valence-corrected chi connectivity index (χ4v) is 2.04. The van der Waals surface area contributed by atoms with Crippen LogP contribution in [0, 0.1) is 0 Å². The van der Waals surface area contributed by atoms with Gasteiger partial charge in [-0.25, -0.2) is 4.79 Å². The number of cyclic esters (lactones) is 1.